The Hall–Kier alpha value is -2.93. The fourth-order valence-corrected chi connectivity index (χ4v) is 6.99. The van der Waals surface area contributed by atoms with Crippen LogP contribution < -0.4 is 10.6 Å². The summed E-state index contributed by atoms with van der Waals surface area (Å²) in [6.45, 7) is 1.97. The molecule has 1 saturated carbocycles. The molecule has 3 aliphatic rings. The predicted molar refractivity (Wildman–Crippen MR) is 129 cm³/mol. The number of hydrogen-bond donors (Lipinski definition) is 3. The fraction of sp³-hybridized carbons (Fsp3) is 0.423. The minimum atomic E-state index is -0.925. The summed E-state index contributed by atoms with van der Waals surface area (Å²) >= 11 is 1.48. The van der Waals surface area contributed by atoms with Gasteiger partial charge in [0.15, 0.2) is 0 Å². The van der Waals surface area contributed by atoms with Crippen LogP contribution in [0.1, 0.15) is 52.0 Å². The van der Waals surface area contributed by atoms with Crippen LogP contribution in [0.5, 0.6) is 0 Å². The number of carbonyl (C=O) groups excluding carboxylic acids is 2. The first kappa shape index (κ1) is 21.9. The number of aliphatic carboxylic acids is 1. The first-order valence-electron chi connectivity index (χ1n) is 11.7. The normalized spacial score (nSPS) is 25.4. The summed E-state index contributed by atoms with van der Waals surface area (Å²) in [6, 6.07) is 7.64. The van der Waals surface area contributed by atoms with Crippen molar-refractivity contribution in [3.05, 3.63) is 58.0 Å². The van der Waals surface area contributed by atoms with Crippen molar-refractivity contribution in [3.8, 4) is 0 Å². The number of nitrogens with one attached hydrogen (secondary N) is 2. The standard InChI is InChI=1S/C26H28N2O4S/c1-14-6-5-7-17(12-14)27-24(30)22-18-8-3-2-4-9-19(18)33-25(22)28-23(29)20-15-10-11-16(13-15)21(20)26(31)32/h5-7,10-12,15-16,20-21H,2-4,8-9,13H2,1H3,(H,27,30)(H,28,29)(H,31,32)/t15-,16+,20+,21+/m1/s1. The third kappa shape index (κ3) is 4.10. The summed E-state index contributed by atoms with van der Waals surface area (Å²) in [4.78, 5) is 39.8. The van der Waals surface area contributed by atoms with Crippen LogP contribution in [0, 0.1) is 30.6 Å². The van der Waals surface area contributed by atoms with Crippen LogP contribution >= 0.6 is 11.3 Å². The summed E-state index contributed by atoms with van der Waals surface area (Å²) in [7, 11) is 0. The number of fused-ring (bicyclic) bond motifs is 3. The molecule has 2 aromatic rings. The molecule has 172 valence electrons. The molecule has 1 aromatic carbocycles. The maximum absolute atomic E-state index is 13.4. The molecule has 33 heavy (non-hydrogen) atoms. The first-order valence-corrected chi connectivity index (χ1v) is 12.5. The van der Waals surface area contributed by atoms with Gasteiger partial charge in [-0.1, -0.05) is 30.7 Å². The number of amides is 2. The third-order valence-electron chi connectivity index (χ3n) is 7.21. The number of benzene rings is 1. The molecule has 4 atom stereocenters. The highest BCUT2D eigenvalue weighted by molar-refractivity contribution is 7.17. The zero-order valence-corrected chi connectivity index (χ0v) is 19.4. The Balaban J connectivity index is 1.46. The Kier molecular flexibility index (Phi) is 5.83. The van der Waals surface area contributed by atoms with E-state index < -0.39 is 17.8 Å². The molecule has 0 spiro atoms. The highest BCUT2D eigenvalue weighted by Gasteiger charge is 2.51. The first-order chi connectivity index (χ1) is 15.9. The highest BCUT2D eigenvalue weighted by Crippen LogP contribution is 2.49. The number of rotatable bonds is 5. The summed E-state index contributed by atoms with van der Waals surface area (Å²) in [5, 5.41) is 16.3. The van der Waals surface area contributed by atoms with Crippen molar-refractivity contribution >= 4 is 39.8 Å². The van der Waals surface area contributed by atoms with Crippen molar-refractivity contribution in [1.82, 2.24) is 0 Å². The van der Waals surface area contributed by atoms with Crippen molar-refractivity contribution in [2.45, 2.75) is 45.4 Å². The third-order valence-corrected chi connectivity index (χ3v) is 8.42. The van der Waals surface area contributed by atoms with Crippen molar-refractivity contribution in [2.24, 2.45) is 23.7 Å². The van der Waals surface area contributed by atoms with E-state index in [1.165, 1.54) is 11.3 Å². The molecule has 0 aliphatic heterocycles. The molecule has 3 aliphatic carbocycles. The molecule has 5 rings (SSSR count). The van der Waals surface area contributed by atoms with Gasteiger partial charge in [0, 0.05) is 10.6 Å². The molecular weight excluding hydrogens is 436 g/mol. The monoisotopic (exact) mass is 464 g/mol. The van der Waals surface area contributed by atoms with Gasteiger partial charge >= 0.3 is 5.97 Å². The lowest BCUT2D eigenvalue weighted by Gasteiger charge is -2.23. The molecule has 3 N–H and O–H groups in total. The fourth-order valence-electron chi connectivity index (χ4n) is 5.70. The van der Waals surface area contributed by atoms with Gasteiger partial charge in [-0.3, -0.25) is 14.4 Å². The van der Waals surface area contributed by atoms with Crippen LogP contribution in [0.2, 0.25) is 0 Å². The second kappa shape index (κ2) is 8.78. The number of allylic oxidation sites excluding steroid dienone is 2. The van der Waals surface area contributed by atoms with Crippen LogP contribution in [0.25, 0.3) is 0 Å². The molecule has 2 amide bonds. The minimum absolute atomic E-state index is 0.0570. The molecule has 2 bridgehead atoms. The van der Waals surface area contributed by atoms with Crippen LogP contribution in [0.3, 0.4) is 0 Å². The summed E-state index contributed by atoms with van der Waals surface area (Å²) < 4.78 is 0. The second-order valence-electron chi connectivity index (χ2n) is 9.42. The number of carboxylic acids is 1. The molecule has 7 heteroatoms. The molecular formula is C26H28N2O4S. The van der Waals surface area contributed by atoms with Crippen LogP contribution in [0.4, 0.5) is 10.7 Å². The smallest absolute Gasteiger partial charge is 0.307 e. The number of anilines is 2. The lowest BCUT2D eigenvalue weighted by atomic mass is 9.82. The molecule has 1 aromatic heterocycles. The Morgan fingerprint density at radius 2 is 1.76 bits per heavy atom. The van der Waals surface area contributed by atoms with Gasteiger partial charge in [0.05, 0.1) is 17.4 Å². The molecule has 0 radical (unpaired) electrons. The van der Waals surface area contributed by atoms with E-state index in [1.54, 1.807) is 0 Å². The molecule has 0 saturated heterocycles. The van der Waals surface area contributed by atoms with Crippen molar-refractivity contribution < 1.29 is 19.5 Å². The largest absolute Gasteiger partial charge is 0.481 e. The quantitative estimate of drug-likeness (QED) is 0.427. The van der Waals surface area contributed by atoms with E-state index >= 15 is 0 Å². The minimum Gasteiger partial charge on any atom is -0.481 e. The molecule has 6 nitrogen and oxygen atoms in total. The van der Waals surface area contributed by atoms with Crippen molar-refractivity contribution in [2.75, 3.05) is 10.6 Å². The van der Waals surface area contributed by atoms with Gasteiger partial charge < -0.3 is 15.7 Å². The van der Waals surface area contributed by atoms with E-state index in [2.05, 4.69) is 10.6 Å². The topological polar surface area (TPSA) is 95.5 Å². The highest BCUT2D eigenvalue weighted by atomic mass is 32.1. The van der Waals surface area contributed by atoms with Crippen LogP contribution in [-0.4, -0.2) is 22.9 Å². The summed E-state index contributed by atoms with van der Waals surface area (Å²) in [5.74, 6) is -2.90. The van der Waals surface area contributed by atoms with E-state index in [-0.39, 0.29) is 23.7 Å². The molecule has 0 unspecified atom stereocenters. The number of thiophene rings is 1. The Labute approximate surface area is 197 Å². The number of carboxylic acid groups (broad SMARTS) is 1. The van der Waals surface area contributed by atoms with Crippen molar-refractivity contribution in [3.63, 3.8) is 0 Å². The average Bonchev–Trinajstić information content (AvgIpc) is 3.42. The zero-order chi connectivity index (χ0) is 23.1. The van der Waals surface area contributed by atoms with Gasteiger partial charge in [-0.25, -0.2) is 0 Å². The van der Waals surface area contributed by atoms with Gasteiger partial charge in [-0.05, 0) is 74.1 Å². The van der Waals surface area contributed by atoms with Crippen LogP contribution in [0.15, 0.2) is 36.4 Å². The van der Waals surface area contributed by atoms with E-state index in [4.69, 9.17) is 0 Å². The number of aryl methyl sites for hydroxylation is 2. The molecule has 1 heterocycles. The Bertz CT molecular complexity index is 1150. The predicted octanol–water partition coefficient (Wildman–Crippen LogP) is 5.04. The lowest BCUT2D eigenvalue weighted by molar-refractivity contribution is -0.146. The Morgan fingerprint density at radius 1 is 1.00 bits per heavy atom. The second-order valence-corrected chi connectivity index (χ2v) is 10.5. The van der Waals surface area contributed by atoms with Gasteiger partial charge in [0.2, 0.25) is 5.91 Å². The zero-order valence-electron chi connectivity index (χ0n) is 18.6. The average molecular weight is 465 g/mol. The van der Waals surface area contributed by atoms with E-state index in [0.717, 1.165) is 53.8 Å². The Morgan fingerprint density at radius 3 is 2.52 bits per heavy atom. The molecule has 1 fully saturated rings. The SMILES string of the molecule is Cc1cccc(NC(=O)c2c(NC(=O)[C@@H]3[C@@H](C(=O)O)[C@H]4C=C[C@@H]3C4)sc3c2CCCCC3)c1. The van der Waals surface area contributed by atoms with E-state index in [0.29, 0.717) is 17.0 Å². The number of carbonyl (C=O) groups is 3. The number of hydrogen-bond acceptors (Lipinski definition) is 4. The lowest BCUT2D eigenvalue weighted by Crippen LogP contribution is -2.36. The van der Waals surface area contributed by atoms with Crippen LogP contribution in [-0.2, 0) is 22.4 Å². The van der Waals surface area contributed by atoms with Gasteiger partial charge in [0.25, 0.3) is 5.91 Å². The van der Waals surface area contributed by atoms with Gasteiger partial charge in [-0.2, -0.15) is 0 Å². The van der Waals surface area contributed by atoms with E-state index in [9.17, 15) is 19.5 Å². The van der Waals surface area contributed by atoms with Gasteiger partial charge in [-0.15, -0.1) is 11.3 Å². The van der Waals surface area contributed by atoms with Gasteiger partial charge in [0.1, 0.15) is 5.00 Å². The van der Waals surface area contributed by atoms with E-state index in [1.807, 2.05) is 43.3 Å². The maximum atomic E-state index is 13.4. The van der Waals surface area contributed by atoms with Crippen molar-refractivity contribution in [1.29, 1.82) is 0 Å². The summed E-state index contributed by atoms with van der Waals surface area (Å²) in [6.07, 6.45) is 9.53. The summed E-state index contributed by atoms with van der Waals surface area (Å²) in [5.41, 5.74) is 3.34. The maximum Gasteiger partial charge on any atom is 0.307 e.